The monoisotopic (exact) mass is 380 g/mol. The fourth-order valence-electron chi connectivity index (χ4n) is 2.03. The Balaban J connectivity index is 1.87. The van der Waals surface area contributed by atoms with Gasteiger partial charge >= 0.3 is 0 Å². The molecule has 0 radical (unpaired) electrons. The van der Waals surface area contributed by atoms with Crippen molar-refractivity contribution in [2.45, 2.75) is 11.3 Å². The van der Waals surface area contributed by atoms with Gasteiger partial charge in [0, 0.05) is 31.7 Å². The molecule has 0 spiro atoms. The van der Waals surface area contributed by atoms with Crippen LogP contribution in [0.2, 0.25) is 0 Å². The van der Waals surface area contributed by atoms with Crippen molar-refractivity contribution in [3.63, 3.8) is 0 Å². The number of nitrogens with one attached hydrogen (secondary N) is 3. The van der Waals surface area contributed by atoms with Gasteiger partial charge in [-0.15, -0.1) is 0 Å². The molecule has 1 aromatic heterocycles. The standard InChI is InChI=1S/C16H20N4O5S/c17-7-9-19-26(23,24)13-4-1-3-12(11-13)20-15(21)6-8-18-16(22)14-5-2-10-25-14/h1-5,10-11,19H,6-9,17H2,(H,18,22)(H,20,21). The van der Waals surface area contributed by atoms with Crippen molar-refractivity contribution in [2.75, 3.05) is 25.0 Å². The molecule has 0 aliphatic carbocycles. The van der Waals surface area contributed by atoms with E-state index in [2.05, 4.69) is 15.4 Å². The zero-order chi connectivity index (χ0) is 19.0. The van der Waals surface area contributed by atoms with Crippen molar-refractivity contribution < 1.29 is 22.4 Å². The first-order chi connectivity index (χ1) is 12.4. The zero-order valence-electron chi connectivity index (χ0n) is 13.9. The van der Waals surface area contributed by atoms with Crippen molar-refractivity contribution >= 4 is 27.5 Å². The van der Waals surface area contributed by atoms with E-state index in [4.69, 9.17) is 10.2 Å². The van der Waals surface area contributed by atoms with Gasteiger partial charge in [-0.2, -0.15) is 0 Å². The van der Waals surface area contributed by atoms with E-state index in [1.165, 1.54) is 30.5 Å². The lowest BCUT2D eigenvalue weighted by atomic mass is 10.3. The molecule has 0 bridgehead atoms. The second kappa shape index (κ2) is 9.13. The van der Waals surface area contributed by atoms with Crippen molar-refractivity contribution in [2.24, 2.45) is 5.73 Å². The van der Waals surface area contributed by atoms with Crippen molar-refractivity contribution in [1.29, 1.82) is 0 Å². The summed E-state index contributed by atoms with van der Waals surface area (Å²) in [4.78, 5) is 23.6. The molecule has 0 fully saturated rings. The van der Waals surface area contributed by atoms with Crippen LogP contribution in [0.3, 0.4) is 0 Å². The number of hydrogen-bond acceptors (Lipinski definition) is 6. The van der Waals surface area contributed by atoms with E-state index in [9.17, 15) is 18.0 Å². The number of amides is 2. The number of nitrogens with two attached hydrogens (primary N) is 1. The molecule has 0 aliphatic rings. The first kappa shape index (κ1) is 19.6. The molecule has 1 heterocycles. The van der Waals surface area contributed by atoms with Gasteiger partial charge in [-0.1, -0.05) is 6.07 Å². The topological polar surface area (TPSA) is 144 Å². The third-order valence-corrected chi connectivity index (χ3v) is 4.71. The number of benzene rings is 1. The van der Waals surface area contributed by atoms with Crippen LogP contribution in [0, 0.1) is 0 Å². The van der Waals surface area contributed by atoms with Crippen molar-refractivity contribution in [3.8, 4) is 0 Å². The zero-order valence-corrected chi connectivity index (χ0v) is 14.7. The highest BCUT2D eigenvalue weighted by Crippen LogP contribution is 2.15. The third-order valence-electron chi connectivity index (χ3n) is 3.25. The maximum atomic E-state index is 12.1. The molecule has 0 aliphatic heterocycles. The molecule has 5 N–H and O–H groups in total. The van der Waals surface area contributed by atoms with E-state index in [1.54, 1.807) is 12.1 Å². The van der Waals surface area contributed by atoms with Crippen LogP contribution in [0.1, 0.15) is 17.0 Å². The molecule has 0 unspecified atom stereocenters. The Labute approximate surface area is 151 Å². The quantitative estimate of drug-likeness (QED) is 0.492. The second-order valence-corrected chi connectivity index (χ2v) is 7.01. The average molecular weight is 380 g/mol. The minimum Gasteiger partial charge on any atom is -0.459 e. The molecule has 2 aromatic rings. The summed E-state index contributed by atoms with van der Waals surface area (Å²) < 4.78 is 31.4. The van der Waals surface area contributed by atoms with Crippen LogP contribution >= 0.6 is 0 Å². The van der Waals surface area contributed by atoms with E-state index >= 15 is 0 Å². The summed E-state index contributed by atoms with van der Waals surface area (Å²) >= 11 is 0. The highest BCUT2D eigenvalue weighted by Gasteiger charge is 2.14. The molecule has 2 rings (SSSR count). The Kier molecular flexibility index (Phi) is 6.89. The van der Waals surface area contributed by atoms with Gasteiger partial charge in [0.25, 0.3) is 5.91 Å². The summed E-state index contributed by atoms with van der Waals surface area (Å²) in [6, 6.07) is 8.95. The van der Waals surface area contributed by atoms with Gasteiger partial charge in [0.1, 0.15) is 0 Å². The van der Waals surface area contributed by atoms with Crippen molar-refractivity contribution in [3.05, 3.63) is 48.4 Å². The number of anilines is 1. The highest BCUT2D eigenvalue weighted by molar-refractivity contribution is 7.89. The van der Waals surface area contributed by atoms with E-state index in [0.29, 0.717) is 5.69 Å². The number of carbonyl (C=O) groups excluding carboxylic acids is 2. The second-order valence-electron chi connectivity index (χ2n) is 5.25. The number of hydrogen-bond donors (Lipinski definition) is 4. The van der Waals surface area contributed by atoms with Gasteiger partial charge in [0.2, 0.25) is 15.9 Å². The van der Waals surface area contributed by atoms with Crippen LogP contribution in [0.4, 0.5) is 5.69 Å². The lowest BCUT2D eigenvalue weighted by Gasteiger charge is -2.09. The molecule has 10 heteroatoms. The lowest BCUT2D eigenvalue weighted by molar-refractivity contribution is -0.116. The van der Waals surface area contributed by atoms with Gasteiger partial charge in [0.15, 0.2) is 5.76 Å². The minimum absolute atomic E-state index is 0.0227. The average Bonchev–Trinajstić information content (AvgIpc) is 3.15. The van der Waals surface area contributed by atoms with E-state index in [0.717, 1.165) is 0 Å². The molecule has 26 heavy (non-hydrogen) atoms. The van der Waals surface area contributed by atoms with Crippen LogP contribution < -0.4 is 21.1 Å². The number of carbonyl (C=O) groups is 2. The van der Waals surface area contributed by atoms with Crippen molar-refractivity contribution in [1.82, 2.24) is 10.0 Å². The predicted octanol–water partition coefficient (Wildman–Crippen LogP) is 0.275. The van der Waals surface area contributed by atoms with Gasteiger partial charge in [-0.3, -0.25) is 9.59 Å². The van der Waals surface area contributed by atoms with Crippen LogP contribution in [-0.4, -0.2) is 39.9 Å². The maximum Gasteiger partial charge on any atom is 0.286 e. The Morgan fingerprint density at radius 3 is 2.62 bits per heavy atom. The maximum absolute atomic E-state index is 12.1. The smallest absolute Gasteiger partial charge is 0.286 e. The SMILES string of the molecule is NCCNS(=O)(=O)c1cccc(NC(=O)CCNC(=O)c2ccco2)c1. The molecule has 2 amide bonds. The summed E-state index contributed by atoms with van der Waals surface area (Å²) in [5.41, 5.74) is 5.62. The fraction of sp³-hybridized carbons (Fsp3) is 0.250. The molecule has 1 aromatic carbocycles. The molecular formula is C16H20N4O5S. The Hall–Kier alpha value is -2.69. The Morgan fingerprint density at radius 2 is 1.92 bits per heavy atom. The minimum atomic E-state index is -3.68. The summed E-state index contributed by atoms with van der Waals surface area (Å²) in [7, 11) is -3.68. The Bertz CT molecular complexity index is 849. The largest absolute Gasteiger partial charge is 0.459 e. The number of sulfonamides is 1. The van der Waals surface area contributed by atoms with E-state index in [1.807, 2.05) is 0 Å². The lowest BCUT2D eigenvalue weighted by Crippen LogP contribution is -2.29. The molecule has 0 saturated carbocycles. The number of rotatable bonds is 9. The van der Waals surface area contributed by atoms with Crippen LogP contribution in [0.25, 0.3) is 0 Å². The first-order valence-electron chi connectivity index (χ1n) is 7.84. The molecule has 0 saturated heterocycles. The van der Waals surface area contributed by atoms with E-state index < -0.39 is 15.9 Å². The third kappa shape index (κ3) is 5.69. The van der Waals surface area contributed by atoms with Gasteiger partial charge in [-0.05, 0) is 30.3 Å². The molecular weight excluding hydrogens is 360 g/mol. The summed E-state index contributed by atoms with van der Waals surface area (Å²) in [5.74, 6) is -0.621. The summed E-state index contributed by atoms with van der Waals surface area (Å²) in [6.45, 7) is 0.412. The number of furan rings is 1. The van der Waals surface area contributed by atoms with Gasteiger partial charge in [-0.25, -0.2) is 13.1 Å². The summed E-state index contributed by atoms with van der Waals surface area (Å²) in [5, 5.41) is 5.14. The first-order valence-corrected chi connectivity index (χ1v) is 9.32. The van der Waals surface area contributed by atoms with E-state index in [-0.39, 0.29) is 42.6 Å². The highest BCUT2D eigenvalue weighted by atomic mass is 32.2. The molecule has 140 valence electrons. The molecule has 9 nitrogen and oxygen atoms in total. The normalized spacial score (nSPS) is 11.1. The van der Waals surface area contributed by atoms with Crippen LogP contribution in [-0.2, 0) is 14.8 Å². The van der Waals surface area contributed by atoms with Gasteiger partial charge in [0.05, 0.1) is 11.2 Å². The fourth-order valence-corrected chi connectivity index (χ4v) is 3.12. The van der Waals surface area contributed by atoms with Crippen LogP contribution in [0.5, 0.6) is 0 Å². The molecule has 0 atom stereocenters. The van der Waals surface area contributed by atoms with Crippen LogP contribution in [0.15, 0.2) is 52.0 Å². The van der Waals surface area contributed by atoms with Gasteiger partial charge < -0.3 is 20.8 Å². The predicted molar refractivity (Wildman–Crippen MR) is 95.0 cm³/mol. The Morgan fingerprint density at radius 1 is 1.12 bits per heavy atom. The summed E-state index contributed by atoms with van der Waals surface area (Å²) in [6.07, 6.45) is 1.40.